The largest absolute Gasteiger partial charge is 0.379 e. The first-order valence-electron chi connectivity index (χ1n) is 5.94. The molecule has 0 atom stereocenters. The summed E-state index contributed by atoms with van der Waals surface area (Å²) in [4.78, 5) is 13.9. The molecule has 0 bridgehead atoms. The van der Waals surface area contributed by atoms with Gasteiger partial charge in [0.15, 0.2) is 0 Å². The van der Waals surface area contributed by atoms with Crippen LogP contribution >= 0.6 is 0 Å². The zero-order chi connectivity index (χ0) is 12.8. The van der Waals surface area contributed by atoms with E-state index in [-0.39, 0.29) is 5.91 Å². The predicted octanol–water partition coefficient (Wildman–Crippen LogP) is 0.939. The minimum absolute atomic E-state index is 0.00893. The van der Waals surface area contributed by atoms with E-state index >= 15 is 0 Å². The quantitative estimate of drug-likeness (QED) is 0.805. The predicted molar refractivity (Wildman–Crippen MR) is 70.3 cm³/mol. The zero-order valence-corrected chi connectivity index (χ0v) is 10.2. The van der Waals surface area contributed by atoms with E-state index in [1.165, 1.54) is 0 Å². The number of terminal acetylenes is 1. The summed E-state index contributed by atoms with van der Waals surface area (Å²) in [7, 11) is 0. The van der Waals surface area contributed by atoms with Crippen molar-refractivity contribution >= 4 is 11.6 Å². The lowest BCUT2D eigenvalue weighted by molar-refractivity contribution is -0.118. The number of ether oxygens (including phenoxy) is 1. The van der Waals surface area contributed by atoms with E-state index < -0.39 is 0 Å². The van der Waals surface area contributed by atoms with E-state index in [0.29, 0.717) is 19.8 Å². The summed E-state index contributed by atoms with van der Waals surface area (Å²) in [5.74, 6) is 2.53. The fourth-order valence-electron chi connectivity index (χ4n) is 1.81. The molecule has 1 saturated heterocycles. The van der Waals surface area contributed by atoms with Crippen LogP contribution in [0.5, 0.6) is 0 Å². The maximum absolute atomic E-state index is 11.8. The summed E-state index contributed by atoms with van der Waals surface area (Å²) >= 11 is 0. The summed E-state index contributed by atoms with van der Waals surface area (Å²) in [5.41, 5.74) is 1.58. The number of nitrogens with zero attached hydrogens (tertiary/aromatic N) is 1. The second kappa shape index (κ2) is 6.20. The Labute approximate surface area is 107 Å². The Bertz CT molecular complexity index is 442. The Morgan fingerprint density at radius 3 is 2.61 bits per heavy atom. The van der Waals surface area contributed by atoms with Crippen LogP contribution in [0.2, 0.25) is 0 Å². The molecule has 1 aromatic rings. The molecule has 0 saturated carbocycles. The van der Waals surface area contributed by atoms with Crippen LogP contribution < -0.4 is 5.32 Å². The monoisotopic (exact) mass is 244 g/mol. The van der Waals surface area contributed by atoms with Crippen LogP contribution in [-0.4, -0.2) is 43.7 Å². The maximum atomic E-state index is 11.8. The first-order chi connectivity index (χ1) is 8.78. The Kier molecular flexibility index (Phi) is 4.35. The standard InChI is InChI=1S/C14H16N2O2/c1-2-12-3-5-13(6-4-12)15-14(17)11-16-7-9-18-10-8-16/h1,3-6H,7-11H2,(H,15,17). The summed E-state index contributed by atoms with van der Waals surface area (Å²) in [5, 5.41) is 2.85. The van der Waals surface area contributed by atoms with Gasteiger partial charge in [0.2, 0.25) is 5.91 Å². The molecule has 2 rings (SSSR count). The van der Waals surface area contributed by atoms with E-state index in [1.54, 1.807) is 0 Å². The van der Waals surface area contributed by atoms with Crippen molar-refractivity contribution in [3.63, 3.8) is 0 Å². The lowest BCUT2D eigenvalue weighted by atomic mass is 10.2. The van der Waals surface area contributed by atoms with Crippen molar-refractivity contribution in [1.29, 1.82) is 0 Å². The van der Waals surface area contributed by atoms with Crippen molar-refractivity contribution in [2.24, 2.45) is 0 Å². The first kappa shape index (κ1) is 12.6. The number of benzene rings is 1. The first-order valence-corrected chi connectivity index (χ1v) is 5.94. The highest BCUT2D eigenvalue weighted by Gasteiger charge is 2.13. The van der Waals surface area contributed by atoms with Gasteiger partial charge in [0, 0.05) is 24.3 Å². The third-order valence-corrected chi connectivity index (χ3v) is 2.81. The number of rotatable bonds is 3. The number of anilines is 1. The molecular weight excluding hydrogens is 228 g/mol. The molecule has 0 unspecified atom stereocenters. The Hall–Kier alpha value is -1.83. The summed E-state index contributed by atoms with van der Waals surface area (Å²) < 4.78 is 5.23. The topological polar surface area (TPSA) is 41.6 Å². The summed E-state index contributed by atoms with van der Waals surface area (Å²) in [6, 6.07) is 7.24. The van der Waals surface area contributed by atoms with Gasteiger partial charge in [-0.05, 0) is 24.3 Å². The fraction of sp³-hybridized carbons (Fsp3) is 0.357. The average molecular weight is 244 g/mol. The number of nitrogens with one attached hydrogen (secondary N) is 1. The Morgan fingerprint density at radius 2 is 2.00 bits per heavy atom. The third-order valence-electron chi connectivity index (χ3n) is 2.81. The van der Waals surface area contributed by atoms with E-state index in [4.69, 9.17) is 11.2 Å². The molecule has 1 aliphatic heterocycles. The van der Waals surface area contributed by atoms with Gasteiger partial charge in [-0.1, -0.05) is 5.92 Å². The normalized spacial score (nSPS) is 15.9. The van der Waals surface area contributed by atoms with Crippen molar-refractivity contribution < 1.29 is 9.53 Å². The number of carbonyl (C=O) groups is 1. The molecule has 4 nitrogen and oxygen atoms in total. The van der Waals surface area contributed by atoms with Gasteiger partial charge in [0.1, 0.15) is 0 Å². The SMILES string of the molecule is C#Cc1ccc(NC(=O)CN2CCOCC2)cc1. The summed E-state index contributed by atoms with van der Waals surface area (Å²) in [6.07, 6.45) is 5.27. The molecule has 1 amide bonds. The molecule has 94 valence electrons. The van der Waals surface area contributed by atoms with Crippen LogP contribution in [0.4, 0.5) is 5.69 Å². The molecule has 0 spiro atoms. The van der Waals surface area contributed by atoms with Gasteiger partial charge in [0.05, 0.1) is 19.8 Å². The smallest absolute Gasteiger partial charge is 0.238 e. The van der Waals surface area contributed by atoms with Gasteiger partial charge in [-0.15, -0.1) is 6.42 Å². The van der Waals surface area contributed by atoms with E-state index in [2.05, 4.69) is 16.1 Å². The highest BCUT2D eigenvalue weighted by Crippen LogP contribution is 2.08. The van der Waals surface area contributed by atoms with Gasteiger partial charge in [-0.25, -0.2) is 0 Å². The van der Waals surface area contributed by atoms with Gasteiger partial charge >= 0.3 is 0 Å². The third kappa shape index (κ3) is 3.59. The molecule has 18 heavy (non-hydrogen) atoms. The van der Waals surface area contributed by atoms with Crippen molar-refractivity contribution in [1.82, 2.24) is 4.90 Å². The van der Waals surface area contributed by atoms with Gasteiger partial charge < -0.3 is 10.1 Å². The number of carbonyl (C=O) groups excluding carboxylic acids is 1. The van der Waals surface area contributed by atoms with Crippen molar-refractivity contribution in [3.8, 4) is 12.3 Å². The van der Waals surface area contributed by atoms with Crippen LogP contribution in [0, 0.1) is 12.3 Å². The van der Waals surface area contributed by atoms with Gasteiger partial charge in [-0.2, -0.15) is 0 Å². The van der Waals surface area contributed by atoms with E-state index in [0.717, 1.165) is 24.3 Å². The number of hydrogen-bond acceptors (Lipinski definition) is 3. The molecule has 0 aromatic heterocycles. The van der Waals surface area contributed by atoms with Crippen LogP contribution in [0.3, 0.4) is 0 Å². The second-order valence-electron chi connectivity index (χ2n) is 4.16. The molecule has 1 fully saturated rings. The van der Waals surface area contributed by atoms with E-state index in [1.807, 2.05) is 24.3 Å². The lowest BCUT2D eigenvalue weighted by Crippen LogP contribution is -2.41. The fourth-order valence-corrected chi connectivity index (χ4v) is 1.81. The zero-order valence-electron chi connectivity index (χ0n) is 10.2. The Balaban J connectivity index is 1.84. The van der Waals surface area contributed by atoms with E-state index in [9.17, 15) is 4.79 Å². The summed E-state index contributed by atoms with van der Waals surface area (Å²) in [6.45, 7) is 3.42. The Morgan fingerprint density at radius 1 is 1.33 bits per heavy atom. The molecule has 4 heteroatoms. The van der Waals surface area contributed by atoms with Gasteiger partial charge in [0.25, 0.3) is 0 Å². The second-order valence-corrected chi connectivity index (χ2v) is 4.16. The molecule has 1 aromatic carbocycles. The molecule has 0 radical (unpaired) electrons. The minimum atomic E-state index is -0.00893. The lowest BCUT2D eigenvalue weighted by Gasteiger charge is -2.25. The molecule has 1 aliphatic rings. The van der Waals surface area contributed by atoms with Crippen LogP contribution in [0.15, 0.2) is 24.3 Å². The maximum Gasteiger partial charge on any atom is 0.238 e. The van der Waals surface area contributed by atoms with Gasteiger partial charge in [-0.3, -0.25) is 9.69 Å². The molecule has 1 heterocycles. The van der Waals surface area contributed by atoms with Crippen molar-refractivity contribution in [2.75, 3.05) is 38.2 Å². The molecule has 1 N–H and O–H groups in total. The molecular formula is C14H16N2O2. The molecule has 0 aliphatic carbocycles. The van der Waals surface area contributed by atoms with Crippen LogP contribution in [0.1, 0.15) is 5.56 Å². The highest BCUT2D eigenvalue weighted by molar-refractivity contribution is 5.92. The van der Waals surface area contributed by atoms with Crippen LogP contribution in [-0.2, 0) is 9.53 Å². The van der Waals surface area contributed by atoms with Crippen molar-refractivity contribution in [2.45, 2.75) is 0 Å². The average Bonchev–Trinajstić information content (AvgIpc) is 2.40. The number of amides is 1. The minimum Gasteiger partial charge on any atom is -0.379 e. The highest BCUT2D eigenvalue weighted by atomic mass is 16.5. The van der Waals surface area contributed by atoms with Crippen LogP contribution in [0.25, 0.3) is 0 Å². The van der Waals surface area contributed by atoms with Crippen molar-refractivity contribution in [3.05, 3.63) is 29.8 Å². The number of hydrogen-bond donors (Lipinski definition) is 1. The number of morpholine rings is 1.